The van der Waals surface area contributed by atoms with Crippen LogP contribution >= 0.6 is 0 Å². The van der Waals surface area contributed by atoms with Gasteiger partial charge in [0, 0.05) is 5.54 Å². The van der Waals surface area contributed by atoms with Gasteiger partial charge in [0.2, 0.25) is 0 Å². The number of hydrogen-bond acceptors (Lipinski definition) is 2. The first kappa shape index (κ1) is 14.2. The van der Waals surface area contributed by atoms with Gasteiger partial charge in [0.1, 0.15) is 5.75 Å². The zero-order valence-corrected chi connectivity index (χ0v) is 12.9. The summed E-state index contributed by atoms with van der Waals surface area (Å²) in [5, 5.41) is 0. The van der Waals surface area contributed by atoms with E-state index >= 15 is 0 Å². The molecule has 0 saturated heterocycles. The lowest BCUT2D eigenvalue weighted by molar-refractivity contribution is 0.356. The van der Waals surface area contributed by atoms with Crippen molar-refractivity contribution in [3.8, 4) is 5.75 Å². The van der Waals surface area contributed by atoms with Crippen LogP contribution < -0.4 is 10.5 Å². The van der Waals surface area contributed by atoms with E-state index < -0.39 is 0 Å². The Kier molecular flexibility index (Phi) is 3.73. The summed E-state index contributed by atoms with van der Waals surface area (Å²) >= 11 is 0. The van der Waals surface area contributed by atoms with Crippen molar-refractivity contribution in [3.05, 3.63) is 64.7 Å². The minimum atomic E-state index is -0.282. The summed E-state index contributed by atoms with van der Waals surface area (Å²) in [6.45, 7) is 2.11. The van der Waals surface area contributed by atoms with Crippen LogP contribution in [0.1, 0.15) is 35.1 Å². The first-order chi connectivity index (χ1) is 10.1. The molecule has 1 unspecified atom stereocenters. The molecule has 3 rings (SSSR count). The summed E-state index contributed by atoms with van der Waals surface area (Å²) in [5.41, 5.74) is 11.7. The van der Waals surface area contributed by atoms with Crippen molar-refractivity contribution in [2.75, 3.05) is 7.11 Å². The predicted octanol–water partition coefficient (Wildman–Crippen LogP) is 3.74. The fourth-order valence-corrected chi connectivity index (χ4v) is 3.52. The van der Waals surface area contributed by atoms with Crippen molar-refractivity contribution < 1.29 is 4.74 Å². The Morgan fingerprint density at radius 3 is 2.81 bits per heavy atom. The Bertz CT molecular complexity index is 650. The molecular formula is C19H23NO. The van der Waals surface area contributed by atoms with Crippen molar-refractivity contribution in [1.29, 1.82) is 0 Å². The van der Waals surface area contributed by atoms with Crippen LogP contribution in [-0.4, -0.2) is 7.11 Å². The highest BCUT2D eigenvalue weighted by Gasteiger charge is 2.33. The number of ether oxygens (including phenoxy) is 1. The Hall–Kier alpha value is -1.80. The fraction of sp³-hybridized carbons (Fsp3) is 0.368. The largest absolute Gasteiger partial charge is 0.496 e. The van der Waals surface area contributed by atoms with E-state index in [9.17, 15) is 0 Å². The quantitative estimate of drug-likeness (QED) is 0.930. The smallest absolute Gasteiger partial charge is 0.122 e. The molecule has 2 nitrogen and oxygen atoms in total. The van der Waals surface area contributed by atoms with Crippen LogP contribution in [0.15, 0.2) is 42.5 Å². The number of hydrogen-bond donors (Lipinski definition) is 1. The van der Waals surface area contributed by atoms with Gasteiger partial charge in [0.25, 0.3) is 0 Å². The van der Waals surface area contributed by atoms with Gasteiger partial charge >= 0.3 is 0 Å². The summed E-state index contributed by atoms with van der Waals surface area (Å²) in [5.74, 6) is 0.938. The highest BCUT2D eigenvalue weighted by atomic mass is 16.5. The van der Waals surface area contributed by atoms with Crippen LogP contribution in [0.4, 0.5) is 0 Å². The van der Waals surface area contributed by atoms with Crippen LogP contribution in [0.3, 0.4) is 0 Å². The van der Waals surface area contributed by atoms with Crippen LogP contribution in [0.25, 0.3) is 0 Å². The summed E-state index contributed by atoms with van der Waals surface area (Å²) < 4.78 is 5.52. The highest BCUT2D eigenvalue weighted by Crippen LogP contribution is 2.37. The SMILES string of the molecule is COc1ccc(C)cc1CC1(N)CCCc2ccccc21. The minimum absolute atomic E-state index is 0.282. The molecule has 2 aromatic carbocycles. The van der Waals surface area contributed by atoms with Crippen molar-refractivity contribution in [3.63, 3.8) is 0 Å². The van der Waals surface area contributed by atoms with Crippen molar-refractivity contribution in [2.45, 2.75) is 38.1 Å². The van der Waals surface area contributed by atoms with E-state index in [0.717, 1.165) is 31.4 Å². The summed E-state index contributed by atoms with van der Waals surface area (Å²) in [7, 11) is 1.73. The lowest BCUT2D eigenvalue weighted by Gasteiger charge is -2.36. The molecular weight excluding hydrogens is 258 g/mol. The normalized spacial score (nSPS) is 20.9. The third-order valence-electron chi connectivity index (χ3n) is 4.56. The summed E-state index contributed by atoms with van der Waals surface area (Å²) in [6, 6.07) is 14.9. The zero-order valence-electron chi connectivity index (χ0n) is 12.9. The van der Waals surface area contributed by atoms with Gasteiger partial charge in [-0.1, -0.05) is 42.0 Å². The average molecular weight is 281 g/mol. The lowest BCUT2D eigenvalue weighted by atomic mass is 9.74. The second-order valence-electron chi connectivity index (χ2n) is 6.16. The predicted molar refractivity (Wildman–Crippen MR) is 86.7 cm³/mol. The van der Waals surface area contributed by atoms with E-state index in [4.69, 9.17) is 10.5 Å². The molecule has 1 atom stereocenters. The number of aryl methyl sites for hydroxylation is 2. The van der Waals surface area contributed by atoms with Crippen molar-refractivity contribution >= 4 is 0 Å². The Balaban J connectivity index is 2.00. The Labute approximate surface area is 126 Å². The number of methoxy groups -OCH3 is 1. The number of nitrogens with two attached hydrogens (primary N) is 1. The molecule has 2 heteroatoms. The molecule has 0 saturated carbocycles. The maximum absolute atomic E-state index is 6.82. The van der Waals surface area contributed by atoms with E-state index in [1.807, 2.05) is 6.07 Å². The van der Waals surface area contributed by atoms with E-state index in [1.165, 1.54) is 22.3 Å². The maximum atomic E-state index is 6.82. The Morgan fingerprint density at radius 2 is 2.00 bits per heavy atom. The average Bonchev–Trinajstić information content (AvgIpc) is 2.48. The van der Waals surface area contributed by atoms with Crippen molar-refractivity contribution in [1.82, 2.24) is 0 Å². The molecule has 2 N–H and O–H groups in total. The fourth-order valence-electron chi connectivity index (χ4n) is 3.52. The van der Waals surface area contributed by atoms with E-state index in [2.05, 4.69) is 43.3 Å². The van der Waals surface area contributed by atoms with Gasteiger partial charge in [-0.3, -0.25) is 0 Å². The Morgan fingerprint density at radius 1 is 1.19 bits per heavy atom. The lowest BCUT2D eigenvalue weighted by Crippen LogP contribution is -2.42. The van der Waals surface area contributed by atoms with Crippen LogP contribution in [-0.2, 0) is 18.4 Å². The molecule has 0 radical (unpaired) electrons. The van der Waals surface area contributed by atoms with Gasteiger partial charge in [0.15, 0.2) is 0 Å². The van der Waals surface area contributed by atoms with Gasteiger partial charge in [-0.25, -0.2) is 0 Å². The van der Waals surface area contributed by atoms with E-state index in [-0.39, 0.29) is 5.54 Å². The molecule has 0 aromatic heterocycles. The van der Waals surface area contributed by atoms with E-state index in [0.29, 0.717) is 0 Å². The molecule has 21 heavy (non-hydrogen) atoms. The highest BCUT2D eigenvalue weighted by molar-refractivity contribution is 5.42. The first-order valence-corrected chi connectivity index (χ1v) is 7.63. The van der Waals surface area contributed by atoms with Gasteiger partial charge in [-0.15, -0.1) is 0 Å². The third-order valence-corrected chi connectivity index (χ3v) is 4.56. The maximum Gasteiger partial charge on any atom is 0.122 e. The van der Waals surface area contributed by atoms with Gasteiger partial charge < -0.3 is 10.5 Å². The van der Waals surface area contributed by atoms with Gasteiger partial charge in [-0.05, 0) is 55.4 Å². The standard InChI is InChI=1S/C19H23NO/c1-14-9-10-18(21-2)16(12-14)13-19(20)11-5-7-15-6-3-4-8-17(15)19/h3-4,6,8-10,12H,5,7,11,13,20H2,1-2H3. The monoisotopic (exact) mass is 281 g/mol. The van der Waals surface area contributed by atoms with E-state index in [1.54, 1.807) is 7.11 Å². The minimum Gasteiger partial charge on any atom is -0.496 e. The topological polar surface area (TPSA) is 35.2 Å². The molecule has 0 fully saturated rings. The first-order valence-electron chi connectivity index (χ1n) is 7.63. The number of fused-ring (bicyclic) bond motifs is 1. The van der Waals surface area contributed by atoms with Gasteiger partial charge in [-0.2, -0.15) is 0 Å². The zero-order chi connectivity index (χ0) is 14.9. The molecule has 2 aromatic rings. The second-order valence-corrected chi connectivity index (χ2v) is 6.16. The molecule has 0 spiro atoms. The molecule has 1 aliphatic rings. The molecule has 0 heterocycles. The molecule has 0 bridgehead atoms. The third kappa shape index (κ3) is 2.68. The molecule has 0 aliphatic heterocycles. The number of benzene rings is 2. The van der Waals surface area contributed by atoms with Crippen LogP contribution in [0, 0.1) is 6.92 Å². The molecule has 110 valence electrons. The van der Waals surface area contributed by atoms with Crippen LogP contribution in [0.5, 0.6) is 5.75 Å². The molecule has 1 aliphatic carbocycles. The van der Waals surface area contributed by atoms with Gasteiger partial charge in [0.05, 0.1) is 7.11 Å². The summed E-state index contributed by atoms with van der Waals surface area (Å²) in [4.78, 5) is 0. The second kappa shape index (κ2) is 5.53. The summed E-state index contributed by atoms with van der Waals surface area (Å²) in [6.07, 6.45) is 4.15. The van der Waals surface area contributed by atoms with Crippen LogP contribution in [0.2, 0.25) is 0 Å². The molecule has 0 amide bonds. The number of rotatable bonds is 3. The van der Waals surface area contributed by atoms with Crippen molar-refractivity contribution in [2.24, 2.45) is 5.73 Å².